The highest BCUT2D eigenvalue weighted by atomic mass is 35.5. The molecule has 0 bridgehead atoms. The van der Waals surface area contributed by atoms with Crippen LogP contribution < -0.4 is 4.90 Å². The summed E-state index contributed by atoms with van der Waals surface area (Å²) in [4.78, 5) is 13.9. The number of halogens is 1. The maximum absolute atomic E-state index is 6.12. The van der Waals surface area contributed by atoms with Crippen molar-refractivity contribution < 1.29 is 4.74 Å². The van der Waals surface area contributed by atoms with E-state index in [2.05, 4.69) is 44.1 Å². The predicted octanol–water partition coefficient (Wildman–Crippen LogP) is 3.11. The minimum absolute atomic E-state index is 0.469. The third-order valence-electron chi connectivity index (χ3n) is 3.91. The number of morpholine rings is 1. The Morgan fingerprint density at radius 3 is 2.82 bits per heavy atom. The van der Waals surface area contributed by atoms with E-state index in [0.717, 1.165) is 48.6 Å². The molecule has 0 aliphatic carbocycles. The van der Waals surface area contributed by atoms with Crippen LogP contribution in [0.5, 0.6) is 0 Å². The lowest BCUT2D eigenvalue weighted by Gasteiger charge is -2.29. The average Bonchev–Trinajstić information content (AvgIpc) is 3.02. The molecular weight excluding hydrogens is 300 g/mol. The van der Waals surface area contributed by atoms with Crippen LogP contribution in [0, 0.1) is 0 Å². The van der Waals surface area contributed by atoms with Crippen molar-refractivity contribution in [3.05, 3.63) is 41.8 Å². The first-order valence-electron chi connectivity index (χ1n) is 7.23. The van der Waals surface area contributed by atoms with Crippen LogP contribution in [0.3, 0.4) is 0 Å². The summed E-state index contributed by atoms with van der Waals surface area (Å²) in [5.41, 5.74) is 4.06. The van der Waals surface area contributed by atoms with Crippen molar-refractivity contribution in [3.8, 4) is 11.3 Å². The lowest BCUT2D eigenvalue weighted by Crippen LogP contribution is -2.36. The number of hydrogen-bond acceptors (Lipinski definition) is 4. The molecule has 22 heavy (non-hydrogen) atoms. The van der Waals surface area contributed by atoms with Crippen LogP contribution in [0.2, 0.25) is 5.15 Å². The maximum Gasteiger partial charge on any atom is 0.142 e. The van der Waals surface area contributed by atoms with Gasteiger partial charge in [0.25, 0.3) is 0 Å². The highest BCUT2D eigenvalue weighted by Crippen LogP contribution is 2.29. The number of ether oxygens (including phenoxy) is 1. The fourth-order valence-electron chi connectivity index (χ4n) is 2.76. The van der Waals surface area contributed by atoms with Gasteiger partial charge in [-0.3, -0.25) is 0 Å². The summed E-state index contributed by atoms with van der Waals surface area (Å²) in [7, 11) is 0. The first-order chi connectivity index (χ1) is 10.8. The van der Waals surface area contributed by atoms with Crippen molar-refractivity contribution in [2.45, 2.75) is 0 Å². The first-order valence-corrected chi connectivity index (χ1v) is 7.61. The highest BCUT2D eigenvalue weighted by molar-refractivity contribution is 6.34. The molecule has 1 aliphatic rings. The minimum atomic E-state index is 0.469. The van der Waals surface area contributed by atoms with E-state index in [1.807, 2.05) is 6.07 Å². The molecule has 1 N–H and O–H groups in total. The zero-order valence-electron chi connectivity index (χ0n) is 11.9. The second kappa shape index (κ2) is 5.59. The van der Waals surface area contributed by atoms with Crippen LogP contribution in [0.4, 0.5) is 5.69 Å². The van der Waals surface area contributed by atoms with Crippen LogP contribution in [0.15, 0.2) is 36.7 Å². The van der Waals surface area contributed by atoms with Gasteiger partial charge >= 0.3 is 0 Å². The van der Waals surface area contributed by atoms with E-state index in [9.17, 15) is 0 Å². The Kier molecular flexibility index (Phi) is 3.44. The van der Waals surface area contributed by atoms with Gasteiger partial charge in [-0.2, -0.15) is 0 Å². The van der Waals surface area contributed by atoms with Crippen molar-refractivity contribution in [1.29, 1.82) is 0 Å². The molecule has 1 fully saturated rings. The molecule has 0 saturated carbocycles. The van der Waals surface area contributed by atoms with Crippen LogP contribution in [0.25, 0.3) is 22.3 Å². The van der Waals surface area contributed by atoms with Crippen LogP contribution in [-0.4, -0.2) is 41.3 Å². The molecule has 0 atom stereocenters. The van der Waals surface area contributed by atoms with E-state index in [4.69, 9.17) is 16.3 Å². The highest BCUT2D eigenvalue weighted by Gasteiger charge is 2.13. The topological polar surface area (TPSA) is 54.0 Å². The number of aromatic nitrogens is 3. The van der Waals surface area contributed by atoms with Gasteiger partial charge in [-0.05, 0) is 18.2 Å². The molecule has 4 rings (SSSR count). The Labute approximate surface area is 132 Å². The molecule has 3 heterocycles. The van der Waals surface area contributed by atoms with Gasteiger partial charge in [-0.25, -0.2) is 9.97 Å². The maximum atomic E-state index is 6.12. The number of H-pyrrole nitrogens is 1. The largest absolute Gasteiger partial charge is 0.378 e. The molecule has 1 aromatic carbocycles. The second-order valence-corrected chi connectivity index (χ2v) is 5.62. The Bertz CT molecular complexity index is 811. The normalized spacial score (nSPS) is 15.4. The summed E-state index contributed by atoms with van der Waals surface area (Å²) in [5.74, 6) is 0. The Balaban J connectivity index is 1.73. The zero-order chi connectivity index (χ0) is 14.9. The summed E-state index contributed by atoms with van der Waals surface area (Å²) >= 11 is 6.12. The fourth-order valence-corrected chi connectivity index (χ4v) is 2.94. The van der Waals surface area contributed by atoms with Crippen LogP contribution in [-0.2, 0) is 4.74 Å². The SMILES string of the molecule is Clc1ncnc2[nH]c(-c3cccc(N4CCOCC4)c3)cc12. The number of hydrogen-bond donors (Lipinski definition) is 1. The van der Waals surface area contributed by atoms with E-state index >= 15 is 0 Å². The lowest BCUT2D eigenvalue weighted by molar-refractivity contribution is 0.122. The third-order valence-corrected chi connectivity index (χ3v) is 4.21. The quantitative estimate of drug-likeness (QED) is 0.738. The first kappa shape index (κ1) is 13.5. The summed E-state index contributed by atoms with van der Waals surface area (Å²) < 4.78 is 5.41. The van der Waals surface area contributed by atoms with E-state index in [1.165, 1.54) is 12.0 Å². The van der Waals surface area contributed by atoms with Gasteiger partial charge < -0.3 is 14.6 Å². The molecule has 2 aromatic heterocycles. The molecule has 0 amide bonds. The van der Waals surface area contributed by atoms with Gasteiger partial charge in [-0.15, -0.1) is 0 Å². The van der Waals surface area contributed by atoms with E-state index < -0.39 is 0 Å². The Hall–Kier alpha value is -2.11. The molecule has 0 radical (unpaired) electrons. The summed E-state index contributed by atoms with van der Waals surface area (Å²) in [6.45, 7) is 3.41. The molecule has 112 valence electrons. The monoisotopic (exact) mass is 314 g/mol. The van der Waals surface area contributed by atoms with E-state index in [0.29, 0.717) is 5.15 Å². The van der Waals surface area contributed by atoms with E-state index in [-0.39, 0.29) is 0 Å². The summed E-state index contributed by atoms with van der Waals surface area (Å²) in [6.07, 6.45) is 1.47. The molecule has 1 saturated heterocycles. The molecular formula is C16H15ClN4O. The molecule has 3 aromatic rings. The average molecular weight is 315 g/mol. The number of rotatable bonds is 2. The molecule has 0 unspecified atom stereocenters. The lowest BCUT2D eigenvalue weighted by atomic mass is 10.1. The number of anilines is 1. The smallest absolute Gasteiger partial charge is 0.142 e. The van der Waals surface area contributed by atoms with Gasteiger partial charge in [0.2, 0.25) is 0 Å². The Morgan fingerprint density at radius 1 is 1.14 bits per heavy atom. The number of nitrogens with one attached hydrogen (secondary N) is 1. The van der Waals surface area contributed by atoms with Crippen LogP contribution in [0.1, 0.15) is 0 Å². The number of benzene rings is 1. The standard InChI is InChI=1S/C16H15ClN4O/c17-15-13-9-14(20-16(13)19-10-18-15)11-2-1-3-12(8-11)21-4-6-22-7-5-21/h1-3,8-10H,4-7H2,(H,18,19,20). The third kappa shape index (κ3) is 2.42. The number of fused-ring (bicyclic) bond motifs is 1. The van der Waals surface area contributed by atoms with Crippen molar-refractivity contribution >= 4 is 28.3 Å². The zero-order valence-corrected chi connectivity index (χ0v) is 12.7. The van der Waals surface area contributed by atoms with Crippen LogP contribution >= 0.6 is 11.6 Å². The molecule has 1 aliphatic heterocycles. The van der Waals surface area contributed by atoms with Gasteiger partial charge in [-0.1, -0.05) is 23.7 Å². The van der Waals surface area contributed by atoms with Gasteiger partial charge in [0.15, 0.2) is 0 Å². The van der Waals surface area contributed by atoms with E-state index in [1.54, 1.807) is 0 Å². The van der Waals surface area contributed by atoms with Crippen molar-refractivity contribution in [2.24, 2.45) is 0 Å². The fraction of sp³-hybridized carbons (Fsp3) is 0.250. The second-order valence-electron chi connectivity index (χ2n) is 5.26. The Morgan fingerprint density at radius 2 is 2.00 bits per heavy atom. The van der Waals surface area contributed by atoms with Crippen molar-refractivity contribution in [1.82, 2.24) is 15.0 Å². The molecule has 5 nitrogen and oxygen atoms in total. The predicted molar refractivity (Wildman–Crippen MR) is 87.4 cm³/mol. The number of aromatic amines is 1. The van der Waals surface area contributed by atoms with Crippen molar-refractivity contribution in [3.63, 3.8) is 0 Å². The van der Waals surface area contributed by atoms with Crippen molar-refractivity contribution in [2.75, 3.05) is 31.2 Å². The minimum Gasteiger partial charge on any atom is -0.378 e. The summed E-state index contributed by atoms with van der Waals surface area (Å²) in [6, 6.07) is 10.5. The summed E-state index contributed by atoms with van der Waals surface area (Å²) in [5, 5.41) is 1.31. The van der Waals surface area contributed by atoms with Gasteiger partial charge in [0, 0.05) is 30.0 Å². The number of nitrogens with zero attached hydrogens (tertiary/aromatic N) is 3. The molecule has 6 heteroatoms. The van der Waals surface area contributed by atoms with Gasteiger partial charge in [0.05, 0.1) is 18.6 Å². The molecule has 0 spiro atoms. The van der Waals surface area contributed by atoms with Gasteiger partial charge in [0.1, 0.15) is 17.1 Å².